The van der Waals surface area contributed by atoms with Crippen LogP contribution in [0, 0.1) is 12.8 Å². The lowest BCUT2D eigenvalue weighted by molar-refractivity contribution is -0.126. The Bertz CT molecular complexity index is 615. The van der Waals surface area contributed by atoms with Gasteiger partial charge in [-0.15, -0.1) is 0 Å². The Labute approximate surface area is 131 Å². The van der Waals surface area contributed by atoms with Crippen molar-refractivity contribution in [2.45, 2.75) is 39.7 Å². The maximum Gasteiger partial charge on any atom is 0.223 e. The number of nitrogens with one attached hydrogen (secondary N) is 1. The van der Waals surface area contributed by atoms with E-state index in [1.54, 1.807) is 6.92 Å². The summed E-state index contributed by atoms with van der Waals surface area (Å²) in [5.74, 6) is 1.49. The molecule has 1 atom stereocenters. The van der Waals surface area contributed by atoms with Crippen molar-refractivity contribution < 1.29 is 17.6 Å². The highest BCUT2D eigenvalue weighted by molar-refractivity contribution is 7.89. The molecule has 0 saturated carbocycles. The Morgan fingerprint density at radius 1 is 1.41 bits per heavy atom. The first-order valence-electron chi connectivity index (χ1n) is 7.68. The molecule has 1 aromatic rings. The summed E-state index contributed by atoms with van der Waals surface area (Å²) in [6.07, 6.45) is 1.13. The van der Waals surface area contributed by atoms with Crippen molar-refractivity contribution in [1.29, 1.82) is 0 Å². The topological polar surface area (TPSA) is 79.6 Å². The predicted octanol–water partition coefficient (Wildman–Crippen LogP) is 1.83. The highest BCUT2D eigenvalue weighted by Crippen LogP contribution is 2.22. The first kappa shape index (κ1) is 17.0. The van der Waals surface area contributed by atoms with E-state index in [1.807, 2.05) is 26.0 Å². The van der Waals surface area contributed by atoms with Gasteiger partial charge >= 0.3 is 0 Å². The van der Waals surface area contributed by atoms with Crippen LogP contribution in [0.3, 0.4) is 0 Å². The van der Waals surface area contributed by atoms with E-state index in [2.05, 4.69) is 5.32 Å². The third-order valence-electron chi connectivity index (χ3n) is 4.13. The number of sulfonamides is 1. The van der Waals surface area contributed by atoms with Crippen LogP contribution in [0.25, 0.3) is 0 Å². The minimum Gasteiger partial charge on any atom is -0.464 e. The molecule has 0 aromatic carbocycles. The van der Waals surface area contributed by atoms with E-state index in [4.69, 9.17) is 4.42 Å². The molecule has 2 rings (SSSR count). The second kappa shape index (κ2) is 6.83. The van der Waals surface area contributed by atoms with Crippen LogP contribution < -0.4 is 5.32 Å². The Kier molecular flexibility index (Phi) is 5.28. The second-order valence-corrected chi connectivity index (χ2v) is 8.01. The fraction of sp³-hybridized carbons (Fsp3) is 0.667. The van der Waals surface area contributed by atoms with E-state index >= 15 is 0 Å². The van der Waals surface area contributed by atoms with Gasteiger partial charge in [0.25, 0.3) is 0 Å². The lowest BCUT2D eigenvalue weighted by Crippen LogP contribution is -2.43. The highest BCUT2D eigenvalue weighted by Gasteiger charge is 2.30. The summed E-state index contributed by atoms with van der Waals surface area (Å²) < 4.78 is 30.6. The van der Waals surface area contributed by atoms with Crippen LogP contribution in [0.4, 0.5) is 0 Å². The van der Waals surface area contributed by atoms with E-state index < -0.39 is 10.0 Å². The summed E-state index contributed by atoms with van der Waals surface area (Å²) in [7, 11) is -3.15. The van der Waals surface area contributed by atoms with E-state index in [1.165, 1.54) is 4.31 Å². The van der Waals surface area contributed by atoms with Crippen molar-refractivity contribution in [3.05, 3.63) is 23.7 Å². The summed E-state index contributed by atoms with van der Waals surface area (Å²) in [6.45, 7) is 6.22. The zero-order chi connectivity index (χ0) is 16.3. The van der Waals surface area contributed by atoms with Gasteiger partial charge < -0.3 is 9.73 Å². The summed E-state index contributed by atoms with van der Waals surface area (Å²) in [4.78, 5) is 12.3. The Balaban J connectivity index is 1.87. The average Bonchev–Trinajstić information content (AvgIpc) is 2.94. The second-order valence-electron chi connectivity index (χ2n) is 5.75. The number of amides is 1. The number of hydrogen-bond acceptors (Lipinski definition) is 4. The molecule has 7 heteroatoms. The number of rotatable bonds is 5. The number of carbonyl (C=O) groups is 1. The van der Waals surface area contributed by atoms with Crippen molar-refractivity contribution in [1.82, 2.24) is 9.62 Å². The molecule has 1 aliphatic rings. The molecule has 0 bridgehead atoms. The van der Waals surface area contributed by atoms with Crippen LogP contribution in [0.2, 0.25) is 0 Å². The zero-order valence-electron chi connectivity index (χ0n) is 13.3. The van der Waals surface area contributed by atoms with Gasteiger partial charge in [0.1, 0.15) is 11.5 Å². The van der Waals surface area contributed by atoms with E-state index in [0.717, 1.165) is 11.5 Å². The van der Waals surface area contributed by atoms with Crippen LogP contribution in [-0.2, 0) is 14.8 Å². The molecular formula is C15H24N2O4S. The van der Waals surface area contributed by atoms with Crippen molar-refractivity contribution >= 4 is 15.9 Å². The van der Waals surface area contributed by atoms with Gasteiger partial charge in [-0.3, -0.25) is 4.79 Å². The number of furan rings is 1. The molecule has 1 aliphatic heterocycles. The summed E-state index contributed by atoms with van der Waals surface area (Å²) in [6, 6.07) is 3.54. The van der Waals surface area contributed by atoms with E-state index in [0.29, 0.717) is 25.9 Å². The van der Waals surface area contributed by atoms with Gasteiger partial charge in [0.2, 0.25) is 15.9 Å². The summed E-state index contributed by atoms with van der Waals surface area (Å²) in [5, 5.41) is 2.95. The zero-order valence-corrected chi connectivity index (χ0v) is 14.1. The highest BCUT2D eigenvalue weighted by atomic mass is 32.2. The van der Waals surface area contributed by atoms with E-state index in [9.17, 15) is 13.2 Å². The maximum absolute atomic E-state index is 12.3. The molecule has 1 fully saturated rings. The molecule has 2 heterocycles. The molecule has 6 nitrogen and oxygen atoms in total. The number of hydrogen-bond donors (Lipinski definition) is 1. The van der Waals surface area contributed by atoms with Gasteiger partial charge in [0.05, 0.1) is 11.8 Å². The smallest absolute Gasteiger partial charge is 0.223 e. The lowest BCUT2D eigenvalue weighted by atomic mass is 9.97. The fourth-order valence-electron chi connectivity index (χ4n) is 2.67. The van der Waals surface area contributed by atoms with Crippen LogP contribution in [0.5, 0.6) is 0 Å². The van der Waals surface area contributed by atoms with Crippen molar-refractivity contribution in [2.75, 3.05) is 18.8 Å². The van der Waals surface area contributed by atoms with Crippen molar-refractivity contribution in [2.24, 2.45) is 5.92 Å². The summed E-state index contributed by atoms with van der Waals surface area (Å²) >= 11 is 0. The third-order valence-corrected chi connectivity index (χ3v) is 6.01. The quantitative estimate of drug-likeness (QED) is 0.894. The molecule has 0 aliphatic carbocycles. The summed E-state index contributed by atoms with van der Waals surface area (Å²) in [5.41, 5.74) is 0. The molecule has 0 spiro atoms. The minimum absolute atomic E-state index is 0.0323. The Morgan fingerprint density at radius 3 is 2.55 bits per heavy atom. The van der Waals surface area contributed by atoms with Gasteiger partial charge in [0.15, 0.2) is 0 Å². The Morgan fingerprint density at radius 2 is 2.05 bits per heavy atom. The molecule has 1 saturated heterocycles. The van der Waals surface area contributed by atoms with Gasteiger partial charge in [-0.1, -0.05) is 0 Å². The van der Waals surface area contributed by atoms with Crippen LogP contribution in [0.1, 0.15) is 44.3 Å². The first-order valence-corrected chi connectivity index (χ1v) is 9.29. The number of carbonyl (C=O) groups excluding carboxylic acids is 1. The fourth-order valence-corrected chi connectivity index (χ4v) is 3.80. The van der Waals surface area contributed by atoms with Crippen molar-refractivity contribution in [3.8, 4) is 0 Å². The molecule has 0 radical (unpaired) electrons. The van der Waals surface area contributed by atoms with Gasteiger partial charge in [-0.05, 0) is 45.7 Å². The normalized spacial score (nSPS) is 19.0. The molecule has 124 valence electrons. The standard InChI is InChI=1S/C15H24N2O4S/c1-4-22(19,20)17-9-7-13(8-10-17)15(18)16-12(3)14-6-5-11(2)21-14/h5-6,12-13H,4,7-10H2,1-3H3,(H,16,18). The molecular weight excluding hydrogens is 304 g/mol. The van der Waals surface area contributed by atoms with Crippen LogP contribution in [-0.4, -0.2) is 37.5 Å². The van der Waals surface area contributed by atoms with Gasteiger partial charge in [-0.25, -0.2) is 12.7 Å². The largest absolute Gasteiger partial charge is 0.464 e. The number of nitrogens with zero attached hydrogens (tertiary/aromatic N) is 1. The predicted molar refractivity (Wildman–Crippen MR) is 83.8 cm³/mol. The monoisotopic (exact) mass is 328 g/mol. The molecule has 22 heavy (non-hydrogen) atoms. The third kappa shape index (κ3) is 3.89. The number of piperidine rings is 1. The maximum atomic E-state index is 12.3. The van der Waals surface area contributed by atoms with E-state index in [-0.39, 0.29) is 23.6 Å². The molecule has 1 aromatic heterocycles. The SMILES string of the molecule is CCS(=O)(=O)N1CCC(C(=O)NC(C)c2ccc(C)o2)CC1. The van der Waals surface area contributed by atoms with Crippen molar-refractivity contribution in [3.63, 3.8) is 0 Å². The van der Waals surface area contributed by atoms with Crippen LogP contribution in [0.15, 0.2) is 16.5 Å². The lowest BCUT2D eigenvalue weighted by Gasteiger charge is -2.30. The first-order chi connectivity index (χ1) is 10.3. The molecule has 1 unspecified atom stereocenters. The molecule has 1 N–H and O–H groups in total. The van der Waals surface area contributed by atoms with Gasteiger partial charge in [-0.2, -0.15) is 0 Å². The van der Waals surface area contributed by atoms with Crippen LogP contribution >= 0.6 is 0 Å². The van der Waals surface area contributed by atoms with Gasteiger partial charge in [0, 0.05) is 19.0 Å². The minimum atomic E-state index is -3.15. The molecule has 1 amide bonds. The number of aryl methyl sites for hydroxylation is 1. The Hall–Kier alpha value is -1.34. The average molecular weight is 328 g/mol.